The maximum absolute atomic E-state index is 4.87. The van der Waals surface area contributed by atoms with Gasteiger partial charge in [-0.1, -0.05) is 44.2 Å². The van der Waals surface area contributed by atoms with E-state index in [1.54, 1.807) is 6.33 Å². The molecule has 3 rings (SSSR count). The minimum Gasteiger partial charge on any atom is -0.354 e. The maximum atomic E-state index is 4.87. The molecule has 1 aliphatic rings. The zero-order valence-corrected chi connectivity index (χ0v) is 20.2. The van der Waals surface area contributed by atoms with Crippen LogP contribution in [0.5, 0.6) is 0 Å². The second-order valence-corrected chi connectivity index (χ2v) is 7.90. The largest absolute Gasteiger partial charge is 0.354 e. The van der Waals surface area contributed by atoms with Crippen LogP contribution in [0.25, 0.3) is 0 Å². The van der Waals surface area contributed by atoms with Gasteiger partial charge in [-0.2, -0.15) is 0 Å². The summed E-state index contributed by atoms with van der Waals surface area (Å²) in [5.41, 5.74) is 1.27. The number of rotatable bonds is 7. The van der Waals surface area contributed by atoms with Crippen LogP contribution in [0.15, 0.2) is 41.7 Å². The Morgan fingerprint density at radius 2 is 1.93 bits per heavy atom. The molecule has 0 aliphatic heterocycles. The number of hydrogen-bond acceptors (Lipinski definition) is 3. The molecule has 1 fully saturated rings. The fourth-order valence-electron chi connectivity index (χ4n) is 3.77. The first-order valence-corrected chi connectivity index (χ1v) is 10.6. The number of nitrogens with one attached hydrogen (secondary N) is 2. The lowest BCUT2D eigenvalue weighted by atomic mass is 9.87. The molecule has 2 aromatic rings. The van der Waals surface area contributed by atoms with Crippen molar-refractivity contribution in [3.8, 4) is 0 Å². The highest BCUT2D eigenvalue weighted by Crippen LogP contribution is 2.23. The lowest BCUT2D eigenvalue weighted by molar-refractivity contribution is 0.328. The minimum absolute atomic E-state index is 0. The van der Waals surface area contributed by atoms with Gasteiger partial charge in [0.15, 0.2) is 5.96 Å². The molecule has 1 heterocycles. The fraction of sp³-hybridized carbons (Fsp3) is 0.591. The molecular formula is C22H35IN6. The summed E-state index contributed by atoms with van der Waals surface area (Å²) in [5, 5.41) is 15.5. The molecule has 6 nitrogen and oxygen atoms in total. The molecule has 7 heteroatoms. The summed E-state index contributed by atoms with van der Waals surface area (Å²) in [4.78, 5) is 4.87. The number of benzene rings is 1. The first kappa shape index (κ1) is 23.6. The molecular weight excluding hydrogens is 475 g/mol. The van der Waals surface area contributed by atoms with Gasteiger partial charge in [0.2, 0.25) is 0 Å². The van der Waals surface area contributed by atoms with Gasteiger partial charge < -0.3 is 15.2 Å². The third-order valence-corrected chi connectivity index (χ3v) is 5.63. The summed E-state index contributed by atoms with van der Waals surface area (Å²) < 4.78 is 2.09. The van der Waals surface area contributed by atoms with E-state index >= 15 is 0 Å². The normalized spacial score (nSPS) is 20.6. The summed E-state index contributed by atoms with van der Waals surface area (Å²) in [6, 6.07) is 11.2. The quantitative estimate of drug-likeness (QED) is 0.331. The maximum Gasteiger partial charge on any atom is 0.192 e. The first-order valence-electron chi connectivity index (χ1n) is 10.6. The lowest BCUT2D eigenvalue weighted by Crippen LogP contribution is -2.45. The molecule has 0 amide bonds. The SMILES string of the molecule is CCc1nncn1CCN=C(NC1CCC(C)CC1)NC(C)c1ccccc1.I. The summed E-state index contributed by atoms with van der Waals surface area (Å²) >= 11 is 0. The van der Waals surface area contributed by atoms with E-state index in [0.29, 0.717) is 12.6 Å². The monoisotopic (exact) mass is 510 g/mol. The van der Waals surface area contributed by atoms with Crippen LogP contribution in [0, 0.1) is 5.92 Å². The van der Waals surface area contributed by atoms with E-state index in [2.05, 4.69) is 76.5 Å². The Labute approximate surface area is 192 Å². The molecule has 1 unspecified atom stereocenters. The van der Waals surface area contributed by atoms with Crippen LogP contribution in [-0.2, 0) is 13.0 Å². The Morgan fingerprint density at radius 1 is 1.21 bits per heavy atom. The first-order chi connectivity index (χ1) is 13.7. The molecule has 160 valence electrons. The highest BCUT2D eigenvalue weighted by Gasteiger charge is 2.19. The van der Waals surface area contributed by atoms with Crippen LogP contribution in [0.4, 0.5) is 0 Å². The zero-order chi connectivity index (χ0) is 19.8. The highest BCUT2D eigenvalue weighted by atomic mass is 127. The second-order valence-electron chi connectivity index (χ2n) is 7.90. The minimum atomic E-state index is 0. The van der Waals surface area contributed by atoms with Gasteiger partial charge in [-0.3, -0.25) is 4.99 Å². The van der Waals surface area contributed by atoms with Crippen molar-refractivity contribution in [2.45, 2.75) is 71.5 Å². The van der Waals surface area contributed by atoms with Crippen molar-refractivity contribution in [2.24, 2.45) is 10.9 Å². The molecule has 1 aliphatic carbocycles. The molecule has 0 saturated heterocycles. The van der Waals surface area contributed by atoms with Gasteiger partial charge in [0.1, 0.15) is 12.2 Å². The van der Waals surface area contributed by atoms with Gasteiger partial charge >= 0.3 is 0 Å². The van der Waals surface area contributed by atoms with Crippen molar-refractivity contribution in [2.75, 3.05) is 6.54 Å². The number of hydrogen-bond donors (Lipinski definition) is 2. The third kappa shape index (κ3) is 7.28. The average Bonchev–Trinajstić information content (AvgIpc) is 3.18. The summed E-state index contributed by atoms with van der Waals surface area (Å²) in [5.74, 6) is 2.76. The van der Waals surface area contributed by atoms with E-state index in [1.165, 1.54) is 31.2 Å². The van der Waals surface area contributed by atoms with Gasteiger partial charge in [0.25, 0.3) is 0 Å². The molecule has 1 saturated carbocycles. The van der Waals surface area contributed by atoms with E-state index < -0.39 is 0 Å². The molecule has 29 heavy (non-hydrogen) atoms. The molecule has 1 atom stereocenters. The van der Waals surface area contributed by atoms with Gasteiger partial charge in [-0.15, -0.1) is 34.2 Å². The van der Waals surface area contributed by atoms with Crippen molar-refractivity contribution in [1.29, 1.82) is 0 Å². The highest BCUT2D eigenvalue weighted by molar-refractivity contribution is 14.0. The van der Waals surface area contributed by atoms with Crippen molar-refractivity contribution in [3.63, 3.8) is 0 Å². The van der Waals surface area contributed by atoms with Gasteiger partial charge in [-0.25, -0.2) is 0 Å². The predicted molar refractivity (Wildman–Crippen MR) is 130 cm³/mol. The molecule has 0 spiro atoms. The summed E-state index contributed by atoms with van der Waals surface area (Å²) in [6.07, 6.45) is 7.70. The smallest absolute Gasteiger partial charge is 0.192 e. The van der Waals surface area contributed by atoms with Crippen molar-refractivity contribution < 1.29 is 0 Å². The van der Waals surface area contributed by atoms with Crippen LogP contribution >= 0.6 is 24.0 Å². The second kappa shape index (κ2) is 12.1. The number of aliphatic imine (C=N–C) groups is 1. The predicted octanol–water partition coefficient (Wildman–Crippen LogP) is 4.33. The number of aryl methyl sites for hydroxylation is 1. The fourth-order valence-corrected chi connectivity index (χ4v) is 3.77. The van der Waals surface area contributed by atoms with Gasteiger partial charge in [0, 0.05) is 19.0 Å². The topological polar surface area (TPSA) is 67.1 Å². The molecule has 0 radical (unpaired) electrons. The van der Waals surface area contributed by atoms with Crippen LogP contribution in [0.3, 0.4) is 0 Å². The van der Waals surface area contributed by atoms with Crippen LogP contribution < -0.4 is 10.6 Å². The number of guanidine groups is 1. The third-order valence-electron chi connectivity index (χ3n) is 5.63. The average molecular weight is 510 g/mol. The van der Waals surface area contributed by atoms with Crippen molar-refractivity contribution >= 4 is 29.9 Å². The Balaban J connectivity index is 0.00000300. The molecule has 1 aromatic carbocycles. The Kier molecular flexibility index (Phi) is 9.90. The van der Waals surface area contributed by atoms with E-state index in [1.807, 2.05) is 0 Å². The van der Waals surface area contributed by atoms with Gasteiger partial charge in [-0.05, 0) is 44.1 Å². The Bertz CT molecular complexity index is 737. The molecule has 1 aromatic heterocycles. The van der Waals surface area contributed by atoms with Crippen molar-refractivity contribution in [1.82, 2.24) is 25.4 Å². The van der Waals surface area contributed by atoms with E-state index in [-0.39, 0.29) is 30.0 Å². The number of halogens is 1. The lowest BCUT2D eigenvalue weighted by Gasteiger charge is -2.29. The van der Waals surface area contributed by atoms with Crippen molar-refractivity contribution in [3.05, 3.63) is 48.0 Å². The van der Waals surface area contributed by atoms with Crippen LogP contribution in [0.1, 0.15) is 63.9 Å². The Hall–Kier alpha value is -1.64. The standard InChI is InChI=1S/C22H34N6.HI/c1-4-21-27-24-16-28(21)15-14-23-22(26-20-12-10-17(2)11-13-20)25-18(3)19-8-6-5-7-9-19;/h5-9,16-18,20H,4,10-15H2,1-3H3,(H2,23,25,26);1H. The van der Waals surface area contributed by atoms with Crippen LogP contribution in [-0.4, -0.2) is 33.3 Å². The summed E-state index contributed by atoms with van der Waals surface area (Å²) in [6.45, 7) is 8.13. The Morgan fingerprint density at radius 3 is 2.62 bits per heavy atom. The van der Waals surface area contributed by atoms with Crippen LogP contribution in [0.2, 0.25) is 0 Å². The number of nitrogens with zero attached hydrogens (tertiary/aromatic N) is 4. The molecule has 2 N–H and O–H groups in total. The van der Waals surface area contributed by atoms with E-state index in [0.717, 1.165) is 30.7 Å². The van der Waals surface area contributed by atoms with Gasteiger partial charge in [0.05, 0.1) is 12.6 Å². The number of aromatic nitrogens is 3. The molecule has 0 bridgehead atoms. The van der Waals surface area contributed by atoms with E-state index in [9.17, 15) is 0 Å². The summed E-state index contributed by atoms with van der Waals surface area (Å²) in [7, 11) is 0. The zero-order valence-electron chi connectivity index (χ0n) is 17.8. The van der Waals surface area contributed by atoms with E-state index in [4.69, 9.17) is 4.99 Å².